The zero-order valence-electron chi connectivity index (χ0n) is 22.0. The van der Waals surface area contributed by atoms with Gasteiger partial charge < -0.3 is 9.80 Å². The van der Waals surface area contributed by atoms with Crippen molar-refractivity contribution >= 4 is 35.0 Å². The Bertz CT molecular complexity index is 1290. The Balaban J connectivity index is 1.10. The molecule has 3 aliphatic heterocycles. The number of rotatable bonds is 5. The minimum absolute atomic E-state index is 0.0195. The van der Waals surface area contributed by atoms with E-state index in [0.717, 1.165) is 38.6 Å². The molecule has 0 N–H and O–H groups in total. The lowest BCUT2D eigenvalue weighted by Crippen LogP contribution is -2.72. The van der Waals surface area contributed by atoms with E-state index >= 15 is 0 Å². The summed E-state index contributed by atoms with van der Waals surface area (Å²) in [6, 6.07) is 6.35. The van der Waals surface area contributed by atoms with Gasteiger partial charge in [0.1, 0.15) is 5.82 Å². The number of benzene rings is 1. The van der Waals surface area contributed by atoms with Crippen molar-refractivity contribution in [3.8, 4) is 0 Å². The third-order valence-electron chi connectivity index (χ3n) is 9.37. The monoisotopic (exact) mass is 594 g/mol. The molecule has 1 spiro atoms. The van der Waals surface area contributed by atoms with Crippen LogP contribution in [0, 0.1) is 11.7 Å². The minimum atomic E-state index is -2.78. The van der Waals surface area contributed by atoms with E-state index in [2.05, 4.69) is 9.88 Å². The van der Waals surface area contributed by atoms with Crippen LogP contribution in [0.15, 0.2) is 36.7 Å². The smallest absolute Gasteiger partial charge is 0.257 e. The normalized spacial score (nSPS) is 25.6. The Morgan fingerprint density at radius 2 is 1.75 bits per heavy atom. The standard InChI is InChI=1S/C29H31Cl2F3N4O2/c30-23-15-35-16-24(31)25(23)27(40)36-8-5-28(6-9-36)14-22-11-21(4-7-38(22)28)37(17-18-2-1-3-20(32)10-18)26(39)19-12-29(33,34)13-19/h1-3,10,15-16,19,21-22H,4-9,11-14,17H2. The second-order valence-corrected chi connectivity index (χ2v) is 12.6. The molecule has 0 bridgehead atoms. The predicted octanol–water partition coefficient (Wildman–Crippen LogP) is 5.81. The number of carbonyl (C=O) groups is 2. The summed E-state index contributed by atoms with van der Waals surface area (Å²) in [5.41, 5.74) is 0.971. The van der Waals surface area contributed by atoms with Crippen molar-refractivity contribution in [3.05, 3.63) is 63.6 Å². The maximum atomic E-state index is 13.9. The molecule has 4 aliphatic rings. The number of piperidine rings is 2. The number of fused-ring (bicyclic) bond motifs is 2. The van der Waals surface area contributed by atoms with Crippen LogP contribution >= 0.6 is 23.2 Å². The number of hydrogen-bond acceptors (Lipinski definition) is 4. The van der Waals surface area contributed by atoms with Gasteiger partial charge in [-0.2, -0.15) is 0 Å². The summed E-state index contributed by atoms with van der Waals surface area (Å²) in [7, 11) is 0. The second-order valence-electron chi connectivity index (χ2n) is 11.8. The van der Waals surface area contributed by atoms with Crippen LogP contribution in [-0.4, -0.2) is 74.7 Å². The third kappa shape index (κ3) is 5.09. The van der Waals surface area contributed by atoms with Crippen LogP contribution in [0.2, 0.25) is 10.0 Å². The second kappa shape index (κ2) is 10.5. The number of alkyl halides is 2. The highest BCUT2D eigenvalue weighted by Gasteiger charge is 2.56. The lowest BCUT2D eigenvalue weighted by Gasteiger charge is -2.64. The van der Waals surface area contributed by atoms with Crippen molar-refractivity contribution in [1.82, 2.24) is 19.7 Å². The molecule has 2 atom stereocenters. The first-order valence-corrected chi connectivity index (χ1v) is 14.6. The highest BCUT2D eigenvalue weighted by Crippen LogP contribution is 2.50. The molecule has 2 aromatic rings. The zero-order chi connectivity index (χ0) is 28.2. The molecule has 4 heterocycles. The Morgan fingerprint density at radius 3 is 2.38 bits per heavy atom. The highest BCUT2D eigenvalue weighted by molar-refractivity contribution is 6.39. The first-order valence-electron chi connectivity index (χ1n) is 13.8. The maximum Gasteiger partial charge on any atom is 0.257 e. The van der Waals surface area contributed by atoms with Gasteiger partial charge in [0.2, 0.25) is 11.8 Å². The van der Waals surface area contributed by atoms with Gasteiger partial charge in [-0.1, -0.05) is 35.3 Å². The van der Waals surface area contributed by atoms with E-state index in [1.165, 1.54) is 24.5 Å². The molecule has 4 fully saturated rings. The van der Waals surface area contributed by atoms with Crippen molar-refractivity contribution in [3.63, 3.8) is 0 Å². The average Bonchev–Trinajstić information content (AvgIpc) is 2.89. The molecule has 1 aromatic heterocycles. The topological polar surface area (TPSA) is 56.8 Å². The first-order chi connectivity index (χ1) is 19.1. The fraction of sp³-hybridized carbons (Fsp3) is 0.552. The highest BCUT2D eigenvalue weighted by atomic mass is 35.5. The van der Waals surface area contributed by atoms with Gasteiger partial charge in [-0.3, -0.25) is 19.5 Å². The number of carbonyl (C=O) groups excluding carboxylic acids is 2. The molecule has 214 valence electrons. The number of halogens is 5. The quantitative estimate of drug-likeness (QED) is 0.438. The van der Waals surface area contributed by atoms with Gasteiger partial charge in [0.25, 0.3) is 5.91 Å². The fourth-order valence-corrected chi connectivity index (χ4v) is 7.78. The Hall–Kier alpha value is -2.36. The molecular weight excluding hydrogens is 564 g/mol. The van der Waals surface area contributed by atoms with Crippen molar-refractivity contribution in [2.24, 2.45) is 5.92 Å². The van der Waals surface area contributed by atoms with Gasteiger partial charge in [0.05, 0.1) is 15.6 Å². The van der Waals surface area contributed by atoms with Crippen LogP contribution in [0.3, 0.4) is 0 Å². The summed E-state index contributed by atoms with van der Waals surface area (Å²) in [5.74, 6) is -4.27. The van der Waals surface area contributed by atoms with Gasteiger partial charge in [-0.05, 0) is 49.8 Å². The van der Waals surface area contributed by atoms with E-state index in [9.17, 15) is 22.8 Å². The van der Waals surface area contributed by atoms with E-state index < -0.39 is 24.7 Å². The Labute approximate surface area is 241 Å². The van der Waals surface area contributed by atoms with Gasteiger partial charge in [0.15, 0.2) is 0 Å². The molecule has 11 heteroatoms. The molecule has 2 amide bonds. The van der Waals surface area contributed by atoms with Crippen LogP contribution in [0.1, 0.15) is 60.9 Å². The minimum Gasteiger partial charge on any atom is -0.338 e. The maximum absolute atomic E-state index is 13.9. The SMILES string of the molecule is O=C(c1c(Cl)cncc1Cl)N1CCC2(CC1)CC1CC(N(Cc3cccc(F)c3)C(=O)C3CC(F)(F)C3)CCN12. The molecule has 6 rings (SSSR count). The van der Waals surface area contributed by atoms with E-state index in [0.29, 0.717) is 18.7 Å². The summed E-state index contributed by atoms with van der Waals surface area (Å²) >= 11 is 12.4. The summed E-state index contributed by atoms with van der Waals surface area (Å²) in [4.78, 5) is 36.5. The largest absolute Gasteiger partial charge is 0.338 e. The summed E-state index contributed by atoms with van der Waals surface area (Å²) < 4.78 is 41.1. The van der Waals surface area contributed by atoms with Crippen LogP contribution in [0.5, 0.6) is 0 Å². The number of likely N-dealkylation sites (tertiary alicyclic amines) is 1. The molecular formula is C29H31Cl2F3N4O2. The lowest BCUT2D eigenvalue weighted by molar-refractivity contribution is -0.169. The van der Waals surface area contributed by atoms with Gasteiger partial charge in [0, 0.05) is 75.0 Å². The van der Waals surface area contributed by atoms with Crippen LogP contribution in [0.25, 0.3) is 0 Å². The number of aromatic nitrogens is 1. The average molecular weight is 595 g/mol. The van der Waals surface area contributed by atoms with E-state index in [1.54, 1.807) is 21.9 Å². The molecule has 1 aliphatic carbocycles. The first kappa shape index (κ1) is 27.8. The zero-order valence-corrected chi connectivity index (χ0v) is 23.5. The lowest BCUT2D eigenvalue weighted by atomic mass is 9.68. The number of amides is 2. The van der Waals surface area contributed by atoms with E-state index in [1.807, 2.05) is 0 Å². The van der Waals surface area contributed by atoms with Crippen molar-refractivity contribution in [2.45, 2.75) is 75.0 Å². The number of pyridine rings is 1. The van der Waals surface area contributed by atoms with Crippen LogP contribution in [0.4, 0.5) is 13.2 Å². The Kier molecular flexibility index (Phi) is 7.28. The molecule has 6 nitrogen and oxygen atoms in total. The summed E-state index contributed by atoms with van der Waals surface area (Å²) in [5, 5.41) is 0.484. The van der Waals surface area contributed by atoms with E-state index in [-0.39, 0.29) is 57.4 Å². The molecule has 3 saturated heterocycles. The molecule has 2 unspecified atom stereocenters. The van der Waals surface area contributed by atoms with Crippen molar-refractivity contribution in [1.29, 1.82) is 0 Å². The van der Waals surface area contributed by atoms with Gasteiger partial charge in [-0.25, -0.2) is 13.2 Å². The van der Waals surface area contributed by atoms with Gasteiger partial charge >= 0.3 is 0 Å². The van der Waals surface area contributed by atoms with Crippen LogP contribution < -0.4 is 0 Å². The van der Waals surface area contributed by atoms with Crippen LogP contribution in [-0.2, 0) is 11.3 Å². The third-order valence-corrected chi connectivity index (χ3v) is 9.94. The van der Waals surface area contributed by atoms with E-state index in [4.69, 9.17) is 23.2 Å². The van der Waals surface area contributed by atoms with Gasteiger partial charge in [-0.15, -0.1) is 0 Å². The predicted molar refractivity (Wildman–Crippen MR) is 145 cm³/mol. The molecule has 0 radical (unpaired) electrons. The summed E-state index contributed by atoms with van der Waals surface area (Å²) in [6.45, 7) is 2.21. The number of nitrogens with zero attached hydrogens (tertiary/aromatic N) is 4. The number of hydrogen-bond donors (Lipinski definition) is 0. The molecule has 40 heavy (non-hydrogen) atoms. The van der Waals surface area contributed by atoms with Crippen molar-refractivity contribution < 1.29 is 22.8 Å². The molecule has 1 aromatic carbocycles. The molecule has 1 saturated carbocycles. The summed E-state index contributed by atoms with van der Waals surface area (Å²) in [6.07, 6.45) is 6.14. The fourth-order valence-electron chi connectivity index (χ4n) is 7.25. The Morgan fingerprint density at radius 1 is 1.05 bits per heavy atom. The van der Waals surface area contributed by atoms with Crippen molar-refractivity contribution in [2.75, 3.05) is 19.6 Å².